The van der Waals surface area contributed by atoms with E-state index in [1.165, 1.54) is 23.1 Å². The first-order valence-corrected chi connectivity index (χ1v) is 8.39. The molecule has 3 aromatic heterocycles. The zero-order chi connectivity index (χ0) is 18.9. The molecule has 3 aromatic rings. The Balaban J connectivity index is 1.67. The van der Waals surface area contributed by atoms with E-state index in [4.69, 9.17) is 0 Å². The maximum Gasteiger partial charge on any atom is 0.419 e. The van der Waals surface area contributed by atoms with Crippen molar-refractivity contribution in [1.29, 1.82) is 0 Å². The molecule has 138 valence electrons. The molecule has 0 saturated heterocycles. The molecule has 0 unspecified atom stereocenters. The fourth-order valence-electron chi connectivity index (χ4n) is 2.37. The molecule has 11 heteroatoms. The molecule has 0 aliphatic heterocycles. The molecule has 26 heavy (non-hydrogen) atoms. The second-order valence-electron chi connectivity index (χ2n) is 5.48. The van der Waals surface area contributed by atoms with E-state index in [9.17, 15) is 18.0 Å². The third-order valence-corrected chi connectivity index (χ3v) is 4.40. The Bertz CT molecular complexity index is 913. The van der Waals surface area contributed by atoms with E-state index < -0.39 is 17.8 Å². The summed E-state index contributed by atoms with van der Waals surface area (Å²) >= 11 is 1.53. The molecular formula is C15H15F3N6OS. The minimum absolute atomic E-state index is 0.128. The lowest BCUT2D eigenvalue weighted by Crippen LogP contribution is -2.30. The lowest BCUT2D eigenvalue weighted by atomic mass is 10.2. The van der Waals surface area contributed by atoms with Gasteiger partial charge in [0.1, 0.15) is 5.82 Å². The summed E-state index contributed by atoms with van der Waals surface area (Å²) in [4.78, 5) is 12.1. The van der Waals surface area contributed by atoms with Crippen molar-refractivity contribution in [1.82, 2.24) is 24.9 Å². The van der Waals surface area contributed by atoms with Crippen molar-refractivity contribution in [3.8, 4) is 11.3 Å². The van der Waals surface area contributed by atoms with Gasteiger partial charge in [-0.3, -0.25) is 14.7 Å². The number of urea groups is 1. The average Bonchev–Trinajstić information content (AvgIpc) is 3.26. The second-order valence-corrected chi connectivity index (χ2v) is 6.26. The van der Waals surface area contributed by atoms with Gasteiger partial charge in [0.15, 0.2) is 0 Å². The number of carbonyl (C=O) groups is 1. The SMILES string of the molecule is Cn1nc(-c2ccsc2)cc1NC(=O)NCc1c(C(F)(F)F)cnn1C. The van der Waals surface area contributed by atoms with E-state index in [0.29, 0.717) is 11.5 Å². The largest absolute Gasteiger partial charge is 0.419 e. The van der Waals surface area contributed by atoms with Gasteiger partial charge in [-0.2, -0.15) is 34.7 Å². The number of thiophene rings is 1. The number of rotatable bonds is 4. The van der Waals surface area contributed by atoms with Crippen LogP contribution >= 0.6 is 11.3 Å². The van der Waals surface area contributed by atoms with Gasteiger partial charge in [-0.05, 0) is 11.4 Å². The Morgan fingerprint density at radius 2 is 2.08 bits per heavy atom. The Hall–Kier alpha value is -2.82. The number of nitrogens with one attached hydrogen (secondary N) is 2. The first kappa shape index (κ1) is 18.0. The molecule has 0 aliphatic carbocycles. The summed E-state index contributed by atoms with van der Waals surface area (Å²) in [6.07, 6.45) is -3.79. The van der Waals surface area contributed by atoms with Crippen LogP contribution in [0.3, 0.4) is 0 Å². The number of halogens is 3. The number of aromatic nitrogens is 4. The van der Waals surface area contributed by atoms with Gasteiger partial charge in [0, 0.05) is 31.1 Å². The van der Waals surface area contributed by atoms with Gasteiger partial charge in [-0.25, -0.2) is 4.79 Å². The van der Waals surface area contributed by atoms with Crippen molar-refractivity contribution in [2.45, 2.75) is 12.7 Å². The maximum atomic E-state index is 12.9. The lowest BCUT2D eigenvalue weighted by molar-refractivity contribution is -0.138. The molecule has 3 rings (SSSR count). The fourth-order valence-corrected chi connectivity index (χ4v) is 3.02. The zero-order valence-electron chi connectivity index (χ0n) is 13.8. The quantitative estimate of drug-likeness (QED) is 0.725. The van der Waals surface area contributed by atoms with Crippen molar-refractivity contribution in [3.63, 3.8) is 0 Å². The highest BCUT2D eigenvalue weighted by molar-refractivity contribution is 7.08. The molecule has 2 amide bonds. The Labute approximate surface area is 150 Å². The molecule has 7 nitrogen and oxygen atoms in total. The van der Waals surface area contributed by atoms with E-state index in [1.54, 1.807) is 13.1 Å². The molecule has 0 atom stereocenters. The van der Waals surface area contributed by atoms with E-state index in [0.717, 1.165) is 16.4 Å². The zero-order valence-corrected chi connectivity index (χ0v) is 14.6. The van der Waals surface area contributed by atoms with E-state index in [-0.39, 0.29) is 12.2 Å². The predicted molar refractivity (Wildman–Crippen MR) is 90.6 cm³/mol. The molecule has 0 saturated carbocycles. The van der Waals surface area contributed by atoms with Gasteiger partial charge in [0.05, 0.1) is 29.7 Å². The summed E-state index contributed by atoms with van der Waals surface area (Å²) in [5.74, 6) is 0.421. The van der Waals surface area contributed by atoms with Crippen molar-refractivity contribution >= 4 is 23.2 Å². The van der Waals surface area contributed by atoms with Crippen LogP contribution in [-0.2, 0) is 26.8 Å². The number of aryl methyl sites for hydroxylation is 2. The van der Waals surface area contributed by atoms with Crippen LogP contribution in [-0.4, -0.2) is 25.6 Å². The van der Waals surface area contributed by atoms with Crippen LogP contribution in [0.2, 0.25) is 0 Å². The van der Waals surface area contributed by atoms with Gasteiger partial charge < -0.3 is 5.32 Å². The molecule has 0 radical (unpaired) electrons. The van der Waals surface area contributed by atoms with Gasteiger partial charge in [0.25, 0.3) is 0 Å². The third kappa shape index (κ3) is 3.72. The molecule has 0 spiro atoms. The molecule has 0 bridgehead atoms. The van der Waals surface area contributed by atoms with Crippen molar-refractivity contribution in [2.75, 3.05) is 5.32 Å². The summed E-state index contributed by atoms with van der Waals surface area (Å²) in [5, 5.41) is 16.7. The van der Waals surface area contributed by atoms with E-state index >= 15 is 0 Å². The number of carbonyl (C=O) groups excluding carboxylic acids is 1. The number of amides is 2. The second kappa shape index (κ2) is 6.83. The fraction of sp³-hybridized carbons (Fsp3) is 0.267. The smallest absolute Gasteiger partial charge is 0.332 e. The first-order valence-electron chi connectivity index (χ1n) is 7.45. The number of hydrogen-bond donors (Lipinski definition) is 2. The highest BCUT2D eigenvalue weighted by Crippen LogP contribution is 2.31. The minimum atomic E-state index is -4.53. The standard InChI is InChI=1S/C15H15F3N6OS/c1-23-12(10(6-20-23)15(16,17)18)7-19-14(25)21-13-5-11(22-24(13)2)9-3-4-26-8-9/h3-6,8H,7H2,1-2H3,(H2,19,21,25). The Kier molecular flexibility index (Phi) is 4.72. The molecule has 3 heterocycles. The number of nitrogens with zero attached hydrogens (tertiary/aromatic N) is 4. The first-order chi connectivity index (χ1) is 12.3. The average molecular weight is 384 g/mol. The normalized spacial score (nSPS) is 11.6. The van der Waals surface area contributed by atoms with E-state index in [2.05, 4.69) is 20.8 Å². The lowest BCUT2D eigenvalue weighted by Gasteiger charge is -2.11. The summed E-state index contributed by atoms with van der Waals surface area (Å²) in [7, 11) is 3.05. The van der Waals surface area contributed by atoms with Crippen LogP contribution in [0.4, 0.5) is 23.8 Å². The summed E-state index contributed by atoms with van der Waals surface area (Å²) in [6, 6.07) is 2.95. The number of hydrogen-bond acceptors (Lipinski definition) is 4. The van der Waals surface area contributed by atoms with E-state index in [1.807, 2.05) is 16.8 Å². The van der Waals surface area contributed by atoms with Crippen LogP contribution in [0.25, 0.3) is 11.3 Å². The van der Waals surface area contributed by atoms with Gasteiger partial charge in [0.2, 0.25) is 0 Å². The number of alkyl halides is 3. The Morgan fingerprint density at radius 1 is 1.31 bits per heavy atom. The number of anilines is 1. The topological polar surface area (TPSA) is 76.8 Å². The summed E-state index contributed by atoms with van der Waals surface area (Å²) < 4.78 is 41.4. The molecule has 0 fully saturated rings. The third-order valence-electron chi connectivity index (χ3n) is 3.72. The van der Waals surface area contributed by atoms with Gasteiger partial charge >= 0.3 is 12.2 Å². The molecule has 2 N–H and O–H groups in total. The van der Waals surface area contributed by atoms with Gasteiger partial charge in [-0.15, -0.1) is 0 Å². The van der Waals surface area contributed by atoms with Crippen LogP contribution in [0.15, 0.2) is 29.1 Å². The van der Waals surface area contributed by atoms with Crippen molar-refractivity contribution < 1.29 is 18.0 Å². The Morgan fingerprint density at radius 3 is 2.73 bits per heavy atom. The highest BCUT2D eigenvalue weighted by Gasteiger charge is 2.35. The monoisotopic (exact) mass is 384 g/mol. The predicted octanol–water partition coefficient (Wildman–Crippen LogP) is 3.22. The van der Waals surface area contributed by atoms with Crippen LogP contribution in [0.5, 0.6) is 0 Å². The van der Waals surface area contributed by atoms with Gasteiger partial charge in [-0.1, -0.05) is 0 Å². The minimum Gasteiger partial charge on any atom is -0.332 e. The summed E-state index contributed by atoms with van der Waals surface area (Å²) in [6.45, 7) is -0.313. The summed E-state index contributed by atoms with van der Waals surface area (Å²) in [5.41, 5.74) is 0.607. The molecular weight excluding hydrogens is 369 g/mol. The molecule has 0 aliphatic rings. The van der Waals surface area contributed by atoms with Crippen LogP contribution in [0.1, 0.15) is 11.3 Å². The maximum absolute atomic E-state index is 12.9. The van der Waals surface area contributed by atoms with Crippen molar-refractivity contribution in [2.24, 2.45) is 14.1 Å². The van der Waals surface area contributed by atoms with Crippen molar-refractivity contribution in [3.05, 3.63) is 40.3 Å². The van der Waals surface area contributed by atoms with Crippen LogP contribution in [0, 0.1) is 0 Å². The highest BCUT2D eigenvalue weighted by atomic mass is 32.1. The van der Waals surface area contributed by atoms with Crippen LogP contribution < -0.4 is 10.6 Å². The molecule has 0 aromatic carbocycles.